The molecule has 0 saturated carbocycles. The summed E-state index contributed by atoms with van der Waals surface area (Å²) < 4.78 is 33.3. The molecule has 0 radical (unpaired) electrons. The smallest absolute Gasteiger partial charge is 0.261 e. The molecule has 0 spiro atoms. The fraction of sp³-hybridized carbons (Fsp3) is 0.800. The molecule has 96 valence electrons. The third kappa shape index (κ3) is 3.71. The maximum Gasteiger partial charge on any atom is 0.261 e. The Kier molecular flexibility index (Phi) is 4.38. The Morgan fingerprint density at radius 3 is 3.12 bits per heavy atom. The van der Waals surface area contributed by atoms with Crippen LogP contribution in [0.4, 0.5) is 8.78 Å². The van der Waals surface area contributed by atoms with Crippen LogP contribution in [0.3, 0.4) is 0 Å². The summed E-state index contributed by atoms with van der Waals surface area (Å²) in [5, 5.41) is 7.11. The number of alkyl halides is 2. The fourth-order valence-corrected chi connectivity index (χ4v) is 1.75. The van der Waals surface area contributed by atoms with E-state index in [-0.39, 0.29) is 12.6 Å². The minimum atomic E-state index is -2.43. The Morgan fingerprint density at radius 1 is 1.53 bits per heavy atom. The van der Waals surface area contributed by atoms with Gasteiger partial charge in [-0.05, 0) is 19.4 Å². The Labute approximate surface area is 97.5 Å². The van der Waals surface area contributed by atoms with Gasteiger partial charge in [-0.25, -0.2) is 8.78 Å². The highest BCUT2D eigenvalue weighted by Gasteiger charge is 2.21. The summed E-state index contributed by atoms with van der Waals surface area (Å²) in [6.45, 7) is 0.585. The summed E-state index contributed by atoms with van der Waals surface area (Å²) in [5.41, 5.74) is 0. The molecule has 1 saturated heterocycles. The van der Waals surface area contributed by atoms with Gasteiger partial charge in [-0.1, -0.05) is 5.16 Å². The number of nitrogens with one attached hydrogen (secondary N) is 1. The number of ether oxygens (including phenoxy) is 1. The first-order valence-corrected chi connectivity index (χ1v) is 5.67. The van der Waals surface area contributed by atoms with Crippen molar-refractivity contribution in [2.75, 3.05) is 19.8 Å². The molecule has 1 aromatic heterocycles. The predicted octanol–water partition coefficient (Wildman–Crippen LogP) is 1.32. The van der Waals surface area contributed by atoms with Crippen LogP contribution in [0.15, 0.2) is 4.52 Å². The van der Waals surface area contributed by atoms with Gasteiger partial charge in [0.15, 0.2) is 5.82 Å². The summed E-state index contributed by atoms with van der Waals surface area (Å²) in [6.07, 6.45) is 0.0372. The molecular formula is C10H15F2N3O2. The van der Waals surface area contributed by atoms with E-state index in [1.54, 1.807) is 0 Å². The number of halogens is 2. The van der Waals surface area contributed by atoms with Crippen molar-refractivity contribution in [3.8, 4) is 0 Å². The lowest BCUT2D eigenvalue weighted by Crippen LogP contribution is -2.14. The molecule has 0 aliphatic carbocycles. The van der Waals surface area contributed by atoms with E-state index in [0.29, 0.717) is 18.1 Å². The number of nitrogens with zero attached hydrogens (tertiary/aromatic N) is 2. The highest BCUT2D eigenvalue weighted by atomic mass is 19.3. The monoisotopic (exact) mass is 247 g/mol. The van der Waals surface area contributed by atoms with Gasteiger partial charge < -0.3 is 14.6 Å². The quantitative estimate of drug-likeness (QED) is 0.768. The zero-order valence-electron chi connectivity index (χ0n) is 9.36. The van der Waals surface area contributed by atoms with E-state index >= 15 is 0 Å². The standard InChI is InChI=1S/C10H15F2N3O2/c11-8(12)6-16-5-3-9-14-10(15-17-9)7-2-1-4-13-7/h7-8,13H,1-6H2. The lowest BCUT2D eigenvalue weighted by atomic mass is 10.2. The predicted molar refractivity (Wildman–Crippen MR) is 54.8 cm³/mol. The van der Waals surface area contributed by atoms with Crippen molar-refractivity contribution < 1.29 is 18.0 Å². The Hall–Kier alpha value is -1.08. The Bertz CT molecular complexity index is 340. The number of hydrogen-bond acceptors (Lipinski definition) is 5. The third-order valence-corrected chi connectivity index (χ3v) is 2.56. The molecule has 0 aromatic carbocycles. The van der Waals surface area contributed by atoms with Gasteiger partial charge in [-0.2, -0.15) is 4.98 Å². The minimum absolute atomic E-state index is 0.162. The molecule has 5 nitrogen and oxygen atoms in total. The molecule has 1 atom stereocenters. The van der Waals surface area contributed by atoms with Crippen LogP contribution in [-0.4, -0.2) is 36.3 Å². The summed E-state index contributed by atoms with van der Waals surface area (Å²) in [4.78, 5) is 4.20. The SMILES string of the molecule is FC(F)COCCc1nc(C2CCCN2)no1. The van der Waals surface area contributed by atoms with E-state index in [0.717, 1.165) is 19.4 Å². The second kappa shape index (κ2) is 6.02. The first-order valence-electron chi connectivity index (χ1n) is 5.67. The molecule has 7 heteroatoms. The maximum atomic E-state index is 11.8. The van der Waals surface area contributed by atoms with Gasteiger partial charge in [0.2, 0.25) is 5.89 Å². The van der Waals surface area contributed by atoms with Crippen molar-refractivity contribution >= 4 is 0 Å². The third-order valence-electron chi connectivity index (χ3n) is 2.56. The Balaban J connectivity index is 1.74. The van der Waals surface area contributed by atoms with Crippen LogP contribution in [0.1, 0.15) is 30.6 Å². The van der Waals surface area contributed by atoms with Crippen LogP contribution in [0.2, 0.25) is 0 Å². The van der Waals surface area contributed by atoms with Crippen molar-refractivity contribution in [2.24, 2.45) is 0 Å². The van der Waals surface area contributed by atoms with Crippen molar-refractivity contribution in [2.45, 2.75) is 31.7 Å². The van der Waals surface area contributed by atoms with Crippen molar-refractivity contribution in [1.29, 1.82) is 0 Å². The van der Waals surface area contributed by atoms with Crippen LogP contribution in [0.25, 0.3) is 0 Å². The number of rotatable bonds is 6. The van der Waals surface area contributed by atoms with E-state index in [1.807, 2.05) is 0 Å². The highest BCUT2D eigenvalue weighted by molar-refractivity contribution is 4.96. The van der Waals surface area contributed by atoms with E-state index in [1.165, 1.54) is 0 Å². The van der Waals surface area contributed by atoms with Crippen molar-refractivity contribution in [1.82, 2.24) is 15.5 Å². The van der Waals surface area contributed by atoms with E-state index in [4.69, 9.17) is 9.26 Å². The number of hydrogen-bond donors (Lipinski definition) is 1. The first-order chi connectivity index (χ1) is 8.25. The molecule has 1 aliphatic rings. The highest BCUT2D eigenvalue weighted by Crippen LogP contribution is 2.20. The van der Waals surface area contributed by atoms with Crippen LogP contribution < -0.4 is 5.32 Å². The lowest BCUT2D eigenvalue weighted by Gasteiger charge is -2.02. The van der Waals surface area contributed by atoms with Gasteiger partial charge in [0, 0.05) is 0 Å². The zero-order chi connectivity index (χ0) is 12.1. The van der Waals surface area contributed by atoms with Crippen molar-refractivity contribution in [3.63, 3.8) is 0 Å². The normalized spacial score (nSPS) is 20.3. The summed E-state index contributed by atoms with van der Waals surface area (Å²) in [6, 6.07) is 0.162. The van der Waals surface area contributed by atoms with Crippen molar-refractivity contribution in [3.05, 3.63) is 11.7 Å². The van der Waals surface area contributed by atoms with E-state index in [9.17, 15) is 8.78 Å². The van der Waals surface area contributed by atoms with Crippen LogP contribution >= 0.6 is 0 Å². The van der Waals surface area contributed by atoms with E-state index in [2.05, 4.69) is 15.5 Å². The molecule has 1 N–H and O–H groups in total. The summed E-state index contributed by atoms with van der Waals surface area (Å²) >= 11 is 0. The molecular weight excluding hydrogens is 232 g/mol. The summed E-state index contributed by atoms with van der Waals surface area (Å²) in [7, 11) is 0. The average Bonchev–Trinajstić information content (AvgIpc) is 2.94. The summed E-state index contributed by atoms with van der Waals surface area (Å²) in [5.74, 6) is 1.08. The van der Waals surface area contributed by atoms with Gasteiger partial charge in [-0.3, -0.25) is 0 Å². The molecule has 0 amide bonds. The van der Waals surface area contributed by atoms with Gasteiger partial charge in [0.25, 0.3) is 6.43 Å². The lowest BCUT2D eigenvalue weighted by molar-refractivity contribution is 0.0171. The van der Waals surface area contributed by atoms with Gasteiger partial charge in [-0.15, -0.1) is 0 Å². The molecule has 17 heavy (non-hydrogen) atoms. The van der Waals surface area contributed by atoms with Gasteiger partial charge >= 0.3 is 0 Å². The average molecular weight is 247 g/mol. The molecule has 1 aromatic rings. The van der Waals surface area contributed by atoms with Gasteiger partial charge in [0.05, 0.1) is 19.1 Å². The zero-order valence-corrected chi connectivity index (χ0v) is 9.36. The molecule has 2 heterocycles. The second-order valence-corrected chi connectivity index (χ2v) is 3.91. The molecule has 1 aliphatic heterocycles. The van der Waals surface area contributed by atoms with Crippen LogP contribution in [0, 0.1) is 0 Å². The molecule has 0 bridgehead atoms. The van der Waals surface area contributed by atoms with Gasteiger partial charge in [0.1, 0.15) is 6.61 Å². The second-order valence-electron chi connectivity index (χ2n) is 3.91. The first kappa shape index (κ1) is 12.4. The Morgan fingerprint density at radius 2 is 2.41 bits per heavy atom. The molecule has 1 fully saturated rings. The molecule has 2 rings (SSSR count). The fourth-order valence-electron chi connectivity index (χ4n) is 1.75. The van der Waals surface area contributed by atoms with E-state index < -0.39 is 13.0 Å². The number of aromatic nitrogens is 2. The molecule has 1 unspecified atom stereocenters. The topological polar surface area (TPSA) is 60.2 Å². The minimum Gasteiger partial charge on any atom is -0.375 e. The largest absolute Gasteiger partial charge is 0.375 e. The van der Waals surface area contributed by atoms with Crippen LogP contribution in [-0.2, 0) is 11.2 Å². The maximum absolute atomic E-state index is 11.8. The van der Waals surface area contributed by atoms with Crippen LogP contribution in [0.5, 0.6) is 0 Å².